The normalized spacial score (nSPS) is 15.8. The molecule has 8 heteroatoms. The van der Waals surface area contributed by atoms with Crippen LogP contribution in [0, 0.1) is 5.82 Å². The lowest BCUT2D eigenvalue weighted by molar-refractivity contribution is -0.122. The Morgan fingerprint density at radius 2 is 1.86 bits per heavy atom. The molecular formula is C21H12ClFN2O2S2. The highest BCUT2D eigenvalue weighted by atomic mass is 35.5. The molecule has 29 heavy (non-hydrogen) atoms. The number of halogens is 2. The molecule has 0 unspecified atom stereocenters. The van der Waals surface area contributed by atoms with Crippen LogP contribution < -0.4 is 0 Å². The van der Waals surface area contributed by atoms with Crippen LogP contribution in [0.4, 0.5) is 4.39 Å². The van der Waals surface area contributed by atoms with Gasteiger partial charge in [0.25, 0.3) is 5.91 Å². The lowest BCUT2D eigenvalue weighted by Crippen LogP contribution is -2.22. The van der Waals surface area contributed by atoms with Crippen molar-refractivity contribution >= 4 is 58.1 Å². The summed E-state index contributed by atoms with van der Waals surface area (Å²) in [6.07, 6.45) is 3.07. The number of hydrogen-bond donors (Lipinski definition) is 0. The molecule has 1 aliphatic rings. The first-order valence-electron chi connectivity index (χ1n) is 8.43. The number of benzene rings is 2. The van der Waals surface area contributed by atoms with E-state index in [4.69, 9.17) is 28.2 Å². The third-order valence-corrected chi connectivity index (χ3v) is 5.62. The molecular weight excluding hydrogens is 431 g/mol. The zero-order chi connectivity index (χ0) is 20.4. The molecule has 1 aromatic heterocycles. The van der Waals surface area contributed by atoms with Gasteiger partial charge in [-0.2, -0.15) is 10.1 Å². The average molecular weight is 443 g/mol. The van der Waals surface area contributed by atoms with Crippen LogP contribution in [0.1, 0.15) is 11.3 Å². The second kappa shape index (κ2) is 8.32. The number of thioether (sulfide) groups is 1. The fourth-order valence-corrected chi connectivity index (χ4v) is 4.01. The Labute approximate surface area is 180 Å². The van der Waals surface area contributed by atoms with Gasteiger partial charge in [0.2, 0.25) is 0 Å². The third kappa shape index (κ3) is 4.32. The van der Waals surface area contributed by atoms with E-state index in [2.05, 4.69) is 5.10 Å². The molecule has 1 fully saturated rings. The predicted octanol–water partition coefficient (Wildman–Crippen LogP) is 5.97. The van der Waals surface area contributed by atoms with E-state index in [1.54, 1.807) is 36.4 Å². The van der Waals surface area contributed by atoms with Crippen molar-refractivity contribution < 1.29 is 13.6 Å². The molecule has 4 nitrogen and oxygen atoms in total. The van der Waals surface area contributed by atoms with E-state index in [0.717, 1.165) is 22.3 Å². The molecule has 1 saturated heterocycles. The van der Waals surface area contributed by atoms with Crippen molar-refractivity contribution in [2.45, 2.75) is 0 Å². The number of hydrogen-bond acceptors (Lipinski definition) is 5. The van der Waals surface area contributed by atoms with E-state index < -0.39 is 0 Å². The fourth-order valence-electron chi connectivity index (χ4n) is 2.61. The van der Waals surface area contributed by atoms with Crippen molar-refractivity contribution in [3.05, 3.63) is 87.7 Å². The largest absolute Gasteiger partial charge is 0.455 e. The minimum atomic E-state index is -0.349. The number of amides is 1. The molecule has 3 aromatic rings. The van der Waals surface area contributed by atoms with Crippen LogP contribution in [0.25, 0.3) is 17.4 Å². The lowest BCUT2D eigenvalue weighted by Gasteiger charge is -2.05. The summed E-state index contributed by atoms with van der Waals surface area (Å²) in [6, 6.07) is 16.7. The summed E-state index contributed by atoms with van der Waals surface area (Å²) < 4.78 is 19.1. The Morgan fingerprint density at radius 1 is 1.10 bits per heavy atom. The lowest BCUT2D eigenvalue weighted by atomic mass is 10.2. The summed E-state index contributed by atoms with van der Waals surface area (Å²) in [4.78, 5) is 13.0. The van der Waals surface area contributed by atoms with Crippen molar-refractivity contribution in [1.29, 1.82) is 0 Å². The van der Waals surface area contributed by atoms with Gasteiger partial charge in [0.1, 0.15) is 17.3 Å². The first kappa shape index (κ1) is 19.6. The number of furan rings is 1. The van der Waals surface area contributed by atoms with E-state index in [-0.39, 0.29) is 11.7 Å². The van der Waals surface area contributed by atoms with E-state index in [1.165, 1.54) is 18.3 Å². The molecule has 1 aliphatic heterocycles. The van der Waals surface area contributed by atoms with Crippen LogP contribution in [-0.2, 0) is 4.79 Å². The monoisotopic (exact) mass is 442 g/mol. The number of carbonyl (C=O) groups is 1. The predicted molar refractivity (Wildman–Crippen MR) is 118 cm³/mol. The minimum absolute atomic E-state index is 0.303. The third-order valence-electron chi connectivity index (χ3n) is 4.01. The standard InChI is InChI=1S/C21H12ClFN2O2S2/c22-17-4-2-1-3-16(17)18-10-9-15(27-18)12-24-25-20(26)19(29-21(25)28)11-13-5-7-14(23)8-6-13/h1-12H/b19-11-,24-12+. The summed E-state index contributed by atoms with van der Waals surface area (Å²) in [6.45, 7) is 0. The van der Waals surface area contributed by atoms with Gasteiger partial charge in [-0.15, -0.1) is 0 Å². The maximum Gasteiger partial charge on any atom is 0.286 e. The quantitative estimate of drug-likeness (QED) is 0.283. The zero-order valence-corrected chi connectivity index (χ0v) is 17.1. The molecule has 0 radical (unpaired) electrons. The molecule has 0 bridgehead atoms. The van der Waals surface area contributed by atoms with Gasteiger partial charge in [-0.3, -0.25) is 4.79 Å². The Bertz CT molecular complexity index is 1160. The maximum absolute atomic E-state index is 13.0. The molecule has 0 spiro atoms. The summed E-state index contributed by atoms with van der Waals surface area (Å²) in [5, 5.41) is 5.87. The van der Waals surface area contributed by atoms with Gasteiger partial charge >= 0.3 is 0 Å². The number of nitrogens with zero attached hydrogens (tertiary/aromatic N) is 2. The van der Waals surface area contributed by atoms with Gasteiger partial charge < -0.3 is 4.42 Å². The highest BCUT2D eigenvalue weighted by molar-refractivity contribution is 8.26. The number of carbonyl (C=O) groups excluding carboxylic acids is 1. The molecule has 2 heterocycles. The highest BCUT2D eigenvalue weighted by Gasteiger charge is 2.32. The molecule has 0 N–H and O–H groups in total. The van der Waals surface area contributed by atoms with Gasteiger partial charge in [-0.25, -0.2) is 4.39 Å². The number of rotatable bonds is 4. The van der Waals surface area contributed by atoms with Gasteiger partial charge in [-0.05, 0) is 60.3 Å². The minimum Gasteiger partial charge on any atom is -0.455 e. The van der Waals surface area contributed by atoms with E-state index in [0.29, 0.717) is 31.3 Å². The van der Waals surface area contributed by atoms with Crippen LogP contribution in [0.3, 0.4) is 0 Å². The molecule has 0 atom stereocenters. The van der Waals surface area contributed by atoms with E-state index in [9.17, 15) is 9.18 Å². The van der Waals surface area contributed by atoms with Crippen LogP contribution >= 0.6 is 35.6 Å². The summed E-state index contributed by atoms with van der Waals surface area (Å²) in [5.41, 5.74) is 1.47. The van der Waals surface area contributed by atoms with Crippen LogP contribution in [0.15, 0.2) is 75.1 Å². The second-order valence-electron chi connectivity index (χ2n) is 5.97. The van der Waals surface area contributed by atoms with E-state index >= 15 is 0 Å². The number of thiocarbonyl (C=S) groups is 1. The molecule has 0 aliphatic carbocycles. The van der Waals surface area contributed by atoms with Gasteiger partial charge in [0.05, 0.1) is 16.1 Å². The zero-order valence-electron chi connectivity index (χ0n) is 14.7. The molecule has 144 valence electrons. The Balaban J connectivity index is 1.52. The van der Waals surface area contributed by atoms with Crippen molar-refractivity contribution in [2.24, 2.45) is 5.10 Å². The highest BCUT2D eigenvalue weighted by Crippen LogP contribution is 2.33. The number of hydrazone groups is 1. The average Bonchev–Trinajstić information content (AvgIpc) is 3.27. The van der Waals surface area contributed by atoms with Crippen molar-refractivity contribution in [3.63, 3.8) is 0 Å². The first-order chi connectivity index (χ1) is 14.0. The Hall–Kier alpha value is -2.74. The Kier molecular flexibility index (Phi) is 5.62. The summed E-state index contributed by atoms with van der Waals surface area (Å²) in [7, 11) is 0. The van der Waals surface area contributed by atoms with Crippen molar-refractivity contribution in [2.75, 3.05) is 0 Å². The van der Waals surface area contributed by atoms with Crippen molar-refractivity contribution in [3.8, 4) is 11.3 Å². The van der Waals surface area contributed by atoms with Gasteiger partial charge in [0.15, 0.2) is 4.32 Å². The van der Waals surface area contributed by atoms with Crippen LogP contribution in [0.2, 0.25) is 5.02 Å². The molecule has 4 rings (SSSR count). The topological polar surface area (TPSA) is 45.8 Å². The molecule has 0 saturated carbocycles. The van der Waals surface area contributed by atoms with Crippen molar-refractivity contribution in [1.82, 2.24) is 5.01 Å². The van der Waals surface area contributed by atoms with Crippen LogP contribution in [-0.4, -0.2) is 21.5 Å². The van der Waals surface area contributed by atoms with Gasteiger partial charge in [-0.1, -0.05) is 47.6 Å². The second-order valence-corrected chi connectivity index (χ2v) is 8.05. The SMILES string of the molecule is O=C1/C(=C/c2ccc(F)cc2)SC(=S)N1/N=C/c1ccc(-c2ccccc2Cl)o1. The molecule has 2 aromatic carbocycles. The first-order valence-corrected chi connectivity index (χ1v) is 10.0. The van der Waals surface area contributed by atoms with Gasteiger partial charge in [0, 0.05) is 5.56 Å². The fraction of sp³-hybridized carbons (Fsp3) is 0. The smallest absolute Gasteiger partial charge is 0.286 e. The summed E-state index contributed by atoms with van der Waals surface area (Å²) >= 11 is 12.6. The van der Waals surface area contributed by atoms with E-state index in [1.807, 2.05) is 18.2 Å². The molecule has 1 amide bonds. The maximum atomic E-state index is 13.0. The van der Waals surface area contributed by atoms with Crippen LogP contribution in [0.5, 0.6) is 0 Å². The Morgan fingerprint density at radius 3 is 2.62 bits per heavy atom. The summed E-state index contributed by atoms with van der Waals surface area (Å²) in [5.74, 6) is 0.363.